The summed E-state index contributed by atoms with van der Waals surface area (Å²) in [6.07, 6.45) is 0. The van der Waals surface area contributed by atoms with Gasteiger partial charge in [0.05, 0.1) is 0 Å². The molecule has 0 amide bonds. The first kappa shape index (κ1) is 12.4. The Bertz CT molecular complexity index is 662. The molecular weight excluding hydrogens is 238 g/mol. The molecule has 1 aromatic carbocycles. The van der Waals surface area contributed by atoms with Crippen LogP contribution >= 0.6 is 0 Å². The molecule has 4 heteroatoms. The summed E-state index contributed by atoms with van der Waals surface area (Å²) < 4.78 is 0. The maximum absolute atomic E-state index is 11.6. The van der Waals surface area contributed by atoms with Gasteiger partial charge in [0, 0.05) is 36.8 Å². The van der Waals surface area contributed by atoms with E-state index in [-0.39, 0.29) is 5.56 Å². The van der Waals surface area contributed by atoms with Gasteiger partial charge in [-0.2, -0.15) is 0 Å². The second-order valence-electron chi connectivity index (χ2n) is 5.40. The molecule has 2 N–H and O–H groups in total. The summed E-state index contributed by atoms with van der Waals surface area (Å²) >= 11 is 0. The second kappa shape index (κ2) is 4.79. The smallest absolute Gasteiger partial charge is 0.251 e. The van der Waals surface area contributed by atoms with Crippen LogP contribution < -0.4 is 10.9 Å². The second-order valence-corrected chi connectivity index (χ2v) is 5.40. The van der Waals surface area contributed by atoms with Gasteiger partial charge in [0.1, 0.15) is 0 Å². The van der Waals surface area contributed by atoms with E-state index in [0.717, 1.165) is 36.1 Å². The summed E-state index contributed by atoms with van der Waals surface area (Å²) in [5.74, 6) is 0. The van der Waals surface area contributed by atoms with Gasteiger partial charge in [-0.1, -0.05) is 6.07 Å². The summed E-state index contributed by atoms with van der Waals surface area (Å²) in [4.78, 5) is 16.8. The van der Waals surface area contributed by atoms with Crippen molar-refractivity contribution >= 4 is 10.9 Å². The summed E-state index contributed by atoms with van der Waals surface area (Å²) in [7, 11) is 2.15. The Labute approximate surface area is 112 Å². The van der Waals surface area contributed by atoms with E-state index in [9.17, 15) is 4.79 Å². The zero-order valence-corrected chi connectivity index (χ0v) is 11.4. The van der Waals surface area contributed by atoms with Crippen molar-refractivity contribution in [2.24, 2.45) is 0 Å². The number of hydrogen-bond donors (Lipinski definition) is 2. The van der Waals surface area contributed by atoms with Crippen molar-refractivity contribution in [3.8, 4) is 0 Å². The van der Waals surface area contributed by atoms with Crippen molar-refractivity contribution in [2.75, 3.05) is 26.7 Å². The number of likely N-dealkylation sites (N-methyl/N-ethyl adjacent to an activating group) is 1. The van der Waals surface area contributed by atoms with E-state index in [1.54, 1.807) is 0 Å². The molecule has 1 atom stereocenters. The molecule has 4 nitrogen and oxygen atoms in total. The van der Waals surface area contributed by atoms with Crippen molar-refractivity contribution in [2.45, 2.75) is 13.0 Å². The fourth-order valence-electron chi connectivity index (χ4n) is 2.67. The van der Waals surface area contributed by atoms with Gasteiger partial charge in [-0.3, -0.25) is 4.79 Å². The maximum Gasteiger partial charge on any atom is 0.251 e. The van der Waals surface area contributed by atoms with Crippen molar-refractivity contribution in [1.29, 1.82) is 0 Å². The van der Waals surface area contributed by atoms with Crippen LogP contribution in [0, 0.1) is 6.92 Å². The van der Waals surface area contributed by atoms with Crippen molar-refractivity contribution < 1.29 is 0 Å². The first-order valence-electron chi connectivity index (χ1n) is 6.69. The van der Waals surface area contributed by atoms with Gasteiger partial charge in [-0.15, -0.1) is 0 Å². The molecule has 2 heterocycles. The highest BCUT2D eigenvalue weighted by molar-refractivity contribution is 5.79. The molecule has 1 saturated heterocycles. The predicted molar refractivity (Wildman–Crippen MR) is 77.5 cm³/mol. The number of piperazine rings is 1. The standard InChI is InChI=1S/C15H19N3O/c1-10-7-12-8-11(3-4-13(12)17-15(10)19)14-9-18(2)6-5-16-14/h3-4,7-8,14,16H,5-6,9H2,1-2H3,(H,17,19). The molecule has 0 spiro atoms. The fraction of sp³-hybridized carbons (Fsp3) is 0.400. The highest BCUT2D eigenvalue weighted by atomic mass is 16.1. The molecule has 19 heavy (non-hydrogen) atoms. The Hall–Kier alpha value is -1.65. The molecule has 1 unspecified atom stereocenters. The lowest BCUT2D eigenvalue weighted by atomic mass is 10.0. The number of fused-ring (bicyclic) bond motifs is 1. The van der Waals surface area contributed by atoms with Crippen LogP contribution in [0.4, 0.5) is 0 Å². The Kier molecular flexibility index (Phi) is 3.12. The third-order valence-corrected chi connectivity index (χ3v) is 3.83. The first-order valence-corrected chi connectivity index (χ1v) is 6.69. The van der Waals surface area contributed by atoms with Crippen molar-refractivity contribution in [3.05, 3.63) is 45.7 Å². The van der Waals surface area contributed by atoms with Crippen LogP contribution in [0.25, 0.3) is 10.9 Å². The van der Waals surface area contributed by atoms with Gasteiger partial charge in [-0.05, 0) is 43.1 Å². The lowest BCUT2D eigenvalue weighted by Gasteiger charge is -2.31. The molecule has 1 aliphatic rings. The van der Waals surface area contributed by atoms with Crippen LogP contribution in [-0.4, -0.2) is 36.6 Å². The molecule has 0 radical (unpaired) electrons. The topological polar surface area (TPSA) is 48.1 Å². The predicted octanol–water partition coefficient (Wildman–Crippen LogP) is 1.41. The third kappa shape index (κ3) is 2.41. The van der Waals surface area contributed by atoms with Gasteiger partial charge in [0.2, 0.25) is 0 Å². The number of pyridine rings is 1. The number of benzene rings is 1. The number of rotatable bonds is 1. The van der Waals surface area contributed by atoms with Gasteiger partial charge in [-0.25, -0.2) is 0 Å². The lowest BCUT2D eigenvalue weighted by Crippen LogP contribution is -2.43. The summed E-state index contributed by atoms with van der Waals surface area (Å²) in [6.45, 7) is 4.98. The van der Waals surface area contributed by atoms with E-state index in [0.29, 0.717) is 6.04 Å². The van der Waals surface area contributed by atoms with Gasteiger partial charge < -0.3 is 15.2 Å². The van der Waals surface area contributed by atoms with E-state index in [4.69, 9.17) is 0 Å². The van der Waals surface area contributed by atoms with Crippen LogP contribution in [0.3, 0.4) is 0 Å². The van der Waals surface area contributed by atoms with Crippen LogP contribution in [0.2, 0.25) is 0 Å². The molecule has 1 fully saturated rings. The zero-order valence-electron chi connectivity index (χ0n) is 11.4. The van der Waals surface area contributed by atoms with Gasteiger partial charge in [0.15, 0.2) is 0 Å². The number of hydrogen-bond acceptors (Lipinski definition) is 3. The Morgan fingerprint density at radius 1 is 1.32 bits per heavy atom. The highest BCUT2D eigenvalue weighted by Gasteiger charge is 2.18. The summed E-state index contributed by atoms with van der Waals surface area (Å²) in [6, 6.07) is 8.61. The molecule has 0 saturated carbocycles. The van der Waals surface area contributed by atoms with Crippen LogP contribution in [0.5, 0.6) is 0 Å². The molecule has 0 aliphatic carbocycles. The number of nitrogens with zero attached hydrogens (tertiary/aromatic N) is 1. The average Bonchev–Trinajstić information content (AvgIpc) is 2.39. The lowest BCUT2D eigenvalue weighted by molar-refractivity contribution is 0.241. The number of aryl methyl sites for hydroxylation is 1. The monoisotopic (exact) mass is 257 g/mol. The van der Waals surface area contributed by atoms with Crippen LogP contribution in [-0.2, 0) is 0 Å². The normalized spacial score (nSPS) is 20.8. The SMILES string of the molecule is Cc1cc2cc(C3CN(C)CCN3)ccc2[nH]c1=O. The molecule has 1 aromatic heterocycles. The summed E-state index contributed by atoms with van der Waals surface area (Å²) in [5.41, 5.74) is 2.95. The van der Waals surface area contributed by atoms with Crippen LogP contribution in [0.15, 0.2) is 29.1 Å². The Morgan fingerprint density at radius 3 is 2.95 bits per heavy atom. The molecular formula is C15H19N3O. The van der Waals surface area contributed by atoms with E-state index in [2.05, 4.69) is 34.4 Å². The number of aromatic nitrogens is 1. The third-order valence-electron chi connectivity index (χ3n) is 3.83. The number of H-pyrrole nitrogens is 1. The minimum absolute atomic E-state index is 0.00391. The van der Waals surface area contributed by atoms with Crippen LogP contribution in [0.1, 0.15) is 17.2 Å². The number of aromatic amines is 1. The van der Waals surface area contributed by atoms with Crippen molar-refractivity contribution in [3.63, 3.8) is 0 Å². The fourth-order valence-corrected chi connectivity index (χ4v) is 2.67. The van der Waals surface area contributed by atoms with Gasteiger partial charge in [0.25, 0.3) is 5.56 Å². The van der Waals surface area contributed by atoms with Gasteiger partial charge >= 0.3 is 0 Å². The van der Waals surface area contributed by atoms with Crippen molar-refractivity contribution in [1.82, 2.24) is 15.2 Å². The van der Waals surface area contributed by atoms with E-state index in [1.807, 2.05) is 19.1 Å². The van der Waals surface area contributed by atoms with E-state index >= 15 is 0 Å². The largest absolute Gasteiger partial charge is 0.322 e. The molecule has 3 rings (SSSR count). The quantitative estimate of drug-likeness (QED) is 0.812. The molecule has 100 valence electrons. The number of nitrogens with one attached hydrogen (secondary N) is 2. The molecule has 2 aromatic rings. The zero-order chi connectivity index (χ0) is 13.4. The highest BCUT2D eigenvalue weighted by Crippen LogP contribution is 2.21. The Balaban J connectivity index is 2.01. The average molecular weight is 257 g/mol. The minimum atomic E-state index is -0.00391. The molecule has 0 bridgehead atoms. The Morgan fingerprint density at radius 2 is 2.16 bits per heavy atom. The summed E-state index contributed by atoms with van der Waals surface area (Å²) in [5, 5.41) is 4.64. The first-order chi connectivity index (χ1) is 9.13. The van der Waals surface area contributed by atoms with E-state index in [1.165, 1.54) is 5.56 Å². The maximum atomic E-state index is 11.6. The van der Waals surface area contributed by atoms with E-state index < -0.39 is 0 Å². The molecule has 1 aliphatic heterocycles. The minimum Gasteiger partial charge on any atom is -0.322 e.